The van der Waals surface area contributed by atoms with Crippen LogP contribution in [-0.4, -0.2) is 22.5 Å². The van der Waals surface area contributed by atoms with Crippen LogP contribution < -0.4 is 10.1 Å². The number of ether oxygens (including phenoxy) is 1. The van der Waals surface area contributed by atoms with E-state index in [1.165, 1.54) is 12.1 Å². The summed E-state index contributed by atoms with van der Waals surface area (Å²) in [4.78, 5) is 19.8. The van der Waals surface area contributed by atoms with Crippen molar-refractivity contribution in [3.8, 4) is 5.75 Å². The van der Waals surface area contributed by atoms with E-state index in [1.54, 1.807) is 12.1 Å². The number of rotatable bonds is 7. The normalized spacial score (nSPS) is 12.3. The maximum atomic E-state index is 12.2. The minimum absolute atomic E-state index is 0.0900. The lowest BCUT2D eigenvalue weighted by atomic mass is 10.1. The molecule has 1 unspecified atom stereocenters. The predicted molar refractivity (Wildman–Crippen MR) is 94.0 cm³/mol. The van der Waals surface area contributed by atoms with Gasteiger partial charge in [-0.15, -0.1) is 0 Å². The van der Waals surface area contributed by atoms with Gasteiger partial charge in [0.05, 0.1) is 17.1 Å². The van der Waals surface area contributed by atoms with Gasteiger partial charge in [-0.3, -0.25) is 4.79 Å². The number of aryl methyl sites for hydroxylation is 1. The third-order valence-electron chi connectivity index (χ3n) is 4.01. The lowest BCUT2D eigenvalue weighted by molar-refractivity contribution is -0.121. The van der Waals surface area contributed by atoms with Crippen LogP contribution in [0.25, 0.3) is 11.0 Å². The van der Waals surface area contributed by atoms with Crippen molar-refractivity contribution >= 4 is 16.9 Å². The van der Waals surface area contributed by atoms with E-state index in [-0.39, 0.29) is 17.7 Å². The average molecular weight is 359 g/mol. The van der Waals surface area contributed by atoms with Crippen LogP contribution in [0.4, 0.5) is 8.78 Å². The Bertz CT molecular complexity index is 845. The number of alkyl halides is 2. The highest BCUT2D eigenvalue weighted by Crippen LogP contribution is 2.19. The van der Waals surface area contributed by atoms with E-state index in [2.05, 4.69) is 20.0 Å². The number of H-pyrrole nitrogens is 1. The number of aromatic nitrogens is 2. The van der Waals surface area contributed by atoms with E-state index < -0.39 is 6.61 Å². The third-order valence-corrected chi connectivity index (χ3v) is 4.01. The van der Waals surface area contributed by atoms with E-state index in [9.17, 15) is 13.6 Å². The Kier molecular flexibility index (Phi) is 5.46. The Hall–Kier alpha value is -2.96. The molecule has 136 valence electrons. The summed E-state index contributed by atoms with van der Waals surface area (Å²) < 4.78 is 28.6. The highest BCUT2D eigenvalue weighted by molar-refractivity contribution is 5.77. The smallest absolute Gasteiger partial charge is 0.387 e. The lowest BCUT2D eigenvalue weighted by Gasteiger charge is -2.15. The van der Waals surface area contributed by atoms with Crippen molar-refractivity contribution in [1.82, 2.24) is 15.3 Å². The second-order valence-corrected chi connectivity index (χ2v) is 5.94. The highest BCUT2D eigenvalue weighted by Gasteiger charge is 2.12. The minimum atomic E-state index is -2.85. The molecular weight excluding hydrogens is 340 g/mol. The molecule has 1 atom stereocenters. The first-order valence-electron chi connectivity index (χ1n) is 8.29. The van der Waals surface area contributed by atoms with Crippen LogP contribution in [0.1, 0.15) is 30.8 Å². The van der Waals surface area contributed by atoms with Crippen LogP contribution in [0.15, 0.2) is 48.5 Å². The number of carbonyl (C=O) groups excluding carboxylic acids is 1. The number of hydrogen-bond donors (Lipinski definition) is 2. The van der Waals surface area contributed by atoms with E-state index in [0.717, 1.165) is 22.4 Å². The molecular formula is C19H19F2N3O2. The number of imidazole rings is 1. The summed E-state index contributed by atoms with van der Waals surface area (Å²) in [6.07, 6.45) is 0.811. The molecule has 0 aliphatic rings. The van der Waals surface area contributed by atoms with Crippen molar-refractivity contribution in [3.63, 3.8) is 0 Å². The first-order chi connectivity index (χ1) is 12.5. The summed E-state index contributed by atoms with van der Waals surface area (Å²) in [7, 11) is 0. The maximum absolute atomic E-state index is 12.2. The van der Waals surface area contributed by atoms with Gasteiger partial charge in [-0.2, -0.15) is 8.78 Å². The molecule has 7 heteroatoms. The molecule has 0 radical (unpaired) electrons. The number of aromatic amines is 1. The zero-order valence-corrected chi connectivity index (χ0v) is 14.2. The SMILES string of the molecule is CC(NC(=O)CCc1nc2ccccc2[nH]1)c1ccc(OC(F)F)cc1. The molecule has 1 aromatic heterocycles. The van der Waals surface area contributed by atoms with Crippen molar-refractivity contribution < 1.29 is 18.3 Å². The number of carbonyl (C=O) groups is 1. The third kappa shape index (κ3) is 4.56. The fourth-order valence-electron chi connectivity index (χ4n) is 2.69. The molecule has 2 N–H and O–H groups in total. The Morgan fingerprint density at radius 1 is 1.19 bits per heavy atom. The van der Waals surface area contributed by atoms with Crippen LogP contribution in [0, 0.1) is 0 Å². The molecule has 0 aliphatic heterocycles. The van der Waals surface area contributed by atoms with E-state index in [4.69, 9.17) is 0 Å². The molecule has 0 saturated carbocycles. The molecule has 3 aromatic rings. The van der Waals surface area contributed by atoms with Crippen LogP contribution in [0.2, 0.25) is 0 Å². The van der Waals surface area contributed by atoms with E-state index in [0.29, 0.717) is 12.8 Å². The summed E-state index contributed by atoms with van der Waals surface area (Å²) in [6.45, 7) is -1.02. The second-order valence-electron chi connectivity index (χ2n) is 5.94. The van der Waals surface area contributed by atoms with Gasteiger partial charge >= 0.3 is 6.61 Å². The molecule has 0 saturated heterocycles. The van der Waals surface area contributed by atoms with Gasteiger partial charge in [0.2, 0.25) is 5.91 Å². The number of benzene rings is 2. The van der Waals surface area contributed by atoms with Gasteiger partial charge in [0, 0.05) is 12.8 Å². The molecule has 0 bridgehead atoms. The van der Waals surface area contributed by atoms with Crippen molar-refractivity contribution in [2.24, 2.45) is 0 Å². The minimum Gasteiger partial charge on any atom is -0.435 e. The topological polar surface area (TPSA) is 67.0 Å². The van der Waals surface area contributed by atoms with Gasteiger partial charge in [0.25, 0.3) is 0 Å². The lowest BCUT2D eigenvalue weighted by Crippen LogP contribution is -2.26. The Labute approximate surface area is 149 Å². The first-order valence-corrected chi connectivity index (χ1v) is 8.29. The first kappa shape index (κ1) is 17.8. The van der Waals surface area contributed by atoms with Crippen molar-refractivity contribution in [1.29, 1.82) is 0 Å². The number of hydrogen-bond acceptors (Lipinski definition) is 3. The number of fused-ring (bicyclic) bond motifs is 1. The standard InChI is InChI=1S/C19H19F2N3O2/c1-12(13-6-8-14(9-7-13)26-19(20)21)22-18(25)11-10-17-23-15-4-2-3-5-16(15)24-17/h2-9,12,19H,10-11H2,1H3,(H,22,25)(H,23,24). The number of halogens is 2. The number of nitrogens with one attached hydrogen (secondary N) is 2. The summed E-state index contributed by atoms with van der Waals surface area (Å²) in [5, 5.41) is 2.89. The Morgan fingerprint density at radius 2 is 1.92 bits per heavy atom. The largest absolute Gasteiger partial charge is 0.435 e. The van der Waals surface area contributed by atoms with E-state index >= 15 is 0 Å². The van der Waals surface area contributed by atoms with E-state index in [1.807, 2.05) is 31.2 Å². The number of amides is 1. The van der Waals surface area contributed by atoms with Crippen LogP contribution in [0.3, 0.4) is 0 Å². The molecule has 0 aliphatic carbocycles. The quantitative estimate of drug-likeness (QED) is 0.671. The van der Waals surface area contributed by atoms with Gasteiger partial charge in [-0.05, 0) is 36.8 Å². The molecule has 0 fully saturated rings. The Balaban J connectivity index is 1.52. The maximum Gasteiger partial charge on any atom is 0.387 e. The van der Waals surface area contributed by atoms with Crippen LogP contribution >= 0.6 is 0 Å². The fraction of sp³-hybridized carbons (Fsp3) is 0.263. The molecule has 26 heavy (non-hydrogen) atoms. The van der Waals surface area contributed by atoms with Gasteiger partial charge < -0.3 is 15.0 Å². The zero-order valence-electron chi connectivity index (χ0n) is 14.2. The summed E-state index contributed by atoms with van der Waals surface area (Å²) in [5.74, 6) is 0.750. The van der Waals surface area contributed by atoms with Gasteiger partial charge in [0.15, 0.2) is 0 Å². The zero-order chi connectivity index (χ0) is 18.5. The highest BCUT2D eigenvalue weighted by atomic mass is 19.3. The summed E-state index contributed by atoms with van der Waals surface area (Å²) >= 11 is 0. The second kappa shape index (κ2) is 7.95. The number of nitrogens with zero attached hydrogens (tertiary/aromatic N) is 1. The molecule has 2 aromatic carbocycles. The van der Waals surface area contributed by atoms with Crippen molar-refractivity contribution in [2.45, 2.75) is 32.4 Å². The monoisotopic (exact) mass is 359 g/mol. The predicted octanol–water partition coefficient (Wildman–Crippen LogP) is 3.97. The molecule has 5 nitrogen and oxygen atoms in total. The van der Waals surface area contributed by atoms with Gasteiger partial charge in [0.1, 0.15) is 11.6 Å². The average Bonchev–Trinajstić information content (AvgIpc) is 3.03. The molecule has 3 rings (SSSR count). The van der Waals surface area contributed by atoms with Crippen molar-refractivity contribution in [3.05, 3.63) is 59.9 Å². The Morgan fingerprint density at radius 3 is 2.62 bits per heavy atom. The number of para-hydroxylation sites is 2. The van der Waals surface area contributed by atoms with Gasteiger partial charge in [-0.25, -0.2) is 4.98 Å². The summed E-state index contributed by atoms with van der Waals surface area (Å²) in [5.41, 5.74) is 2.63. The fourth-order valence-corrected chi connectivity index (χ4v) is 2.69. The summed E-state index contributed by atoms with van der Waals surface area (Å²) in [6, 6.07) is 13.7. The van der Waals surface area contributed by atoms with Gasteiger partial charge in [-0.1, -0.05) is 24.3 Å². The van der Waals surface area contributed by atoms with Crippen LogP contribution in [-0.2, 0) is 11.2 Å². The van der Waals surface area contributed by atoms with Crippen LogP contribution in [0.5, 0.6) is 5.75 Å². The molecule has 1 heterocycles. The molecule has 0 spiro atoms. The van der Waals surface area contributed by atoms with Crippen molar-refractivity contribution in [2.75, 3.05) is 0 Å². The molecule has 1 amide bonds.